The van der Waals surface area contributed by atoms with Crippen LogP contribution < -0.4 is 9.47 Å². The van der Waals surface area contributed by atoms with Crippen molar-refractivity contribution in [3.63, 3.8) is 0 Å². The van der Waals surface area contributed by atoms with Crippen molar-refractivity contribution in [3.05, 3.63) is 63.8 Å². The molecule has 1 unspecified atom stereocenters. The van der Waals surface area contributed by atoms with Gasteiger partial charge in [0.2, 0.25) is 5.78 Å². The van der Waals surface area contributed by atoms with Gasteiger partial charge in [-0.15, -0.1) is 0 Å². The predicted octanol–water partition coefficient (Wildman–Crippen LogP) is 3.92. The minimum absolute atomic E-state index is 0.217. The van der Waals surface area contributed by atoms with Crippen molar-refractivity contribution in [1.29, 1.82) is 0 Å². The van der Waals surface area contributed by atoms with Crippen molar-refractivity contribution in [1.82, 2.24) is 0 Å². The minimum atomic E-state index is -1.07. The highest BCUT2D eigenvalue weighted by Gasteiger charge is 2.28. The molecule has 0 aliphatic carbocycles. The highest BCUT2D eigenvalue weighted by molar-refractivity contribution is 9.10. The van der Waals surface area contributed by atoms with Gasteiger partial charge in [-0.05, 0) is 42.8 Å². The number of hydrogen-bond acceptors (Lipinski definition) is 4. The van der Waals surface area contributed by atoms with Crippen molar-refractivity contribution >= 4 is 33.8 Å². The van der Waals surface area contributed by atoms with Crippen molar-refractivity contribution < 1.29 is 24.2 Å². The van der Waals surface area contributed by atoms with Gasteiger partial charge in [-0.3, -0.25) is 4.79 Å². The molecule has 1 N–H and O–H groups in total. The lowest BCUT2D eigenvalue weighted by Gasteiger charge is -2.10. The van der Waals surface area contributed by atoms with E-state index in [1.54, 1.807) is 18.2 Å². The first-order chi connectivity index (χ1) is 11.4. The van der Waals surface area contributed by atoms with Gasteiger partial charge in [0.15, 0.2) is 11.9 Å². The van der Waals surface area contributed by atoms with E-state index in [9.17, 15) is 9.59 Å². The van der Waals surface area contributed by atoms with Gasteiger partial charge in [-0.1, -0.05) is 28.1 Å². The Bertz CT molecular complexity index is 839. The first-order valence-electron chi connectivity index (χ1n) is 7.17. The van der Waals surface area contributed by atoms with Crippen molar-refractivity contribution in [2.75, 3.05) is 0 Å². The Morgan fingerprint density at radius 3 is 2.62 bits per heavy atom. The number of aliphatic carboxylic acids is 1. The molecule has 2 aromatic carbocycles. The van der Waals surface area contributed by atoms with E-state index in [4.69, 9.17) is 14.6 Å². The number of Topliss-reactive ketones (excluding diaryl/α,β-unsaturated/α-hetero) is 1. The van der Waals surface area contributed by atoms with E-state index >= 15 is 0 Å². The van der Waals surface area contributed by atoms with E-state index in [0.717, 1.165) is 10.0 Å². The fourth-order valence-electron chi connectivity index (χ4n) is 2.21. The zero-order valence-electron chi connectivity index (χ0n) is 12.7. The summed E-state index contributed by atoms with van der Waals surface area (Å²) in [6.07, 6.45) is 0.674. The topological polar surface area (TPSA) is 72.8 Å². The largest absolute Gasteiger partial charge is 0.479 e. The fourth-order valence-corrected chi connectivity index (χ4v) is 2.47. The summed E-state index contributed by atoms with van der Waals surface area (Å²) in [7, 11) is 0. The molecule has 0 radical (unpaired) electrons. The summed E-state index contributed by atoms with van der Waals surface area (Å²) in [4.78, 5) is 23.2. The Hall–Kier alpha value is -2.60. The third-order valence-electron chi connectivity index (χ3n) is 3.47. The number of benzene rings is 2. The highest BCUT2D eigenvalue weighted by atomic mass is 79.9. The van der Waals surface area contributed by atoms with Gasteiger partial charge in [-0.25, -0.2) is 4.79 Å². The average Bonchev–Trinajstić information content (AvgIpc) is 2.85. The van der Waals surface area contributed by atoms with Crippen molar-refractivity contribution in [3.8, 4) is 11.5 Å². The number of ether oxygens (including phenoxy) is 2. The number of hydrogen-bond donors (Lipinski definition) is 1. The third kappa shape index (κ3) is 3.33. The molecule has 0 bridgehead atoms. The maximum Gasteiger partial charge on any atom is 0.344 e. The number of carbonyl (C=O) groups is 2. The highest BCUT2D eigenvalue weighted by Crippen LogP contribution is 2.35. The zero-order valence-corrected chi connectivity index (χ0v) is 14.2. The number of allylic oxidation sites excluding steroid dienone is 1. The van der Waals surface area contributed by atoms with Crippen LogP contribution in [-0.4, -0.2) is 23.0 Å². The Morgan fingerprint density at radius 2 is 1.96 bits per heavy atom. The molecule has 1 atom stereocenters. The fraction of sp³-hybridized carbons (Fsp3) is 0.111. The van der Waals surface area contributed by atoms with Gasteiger partial charge < -0.3 is 14.6 Å². The van der Waals surface area contributed by atoms with Crippen LogP contribution in [0.1, 0.15) is 22.8 Å². The van der Waals surface area contributed by atoms with Crippen LogP contribution in [0.25, 0.3) is 6.08 Å². The summed E-state index contributed by atoms with van der Waals surface area (Å²) in [6.45, 7) is 1.43. The quantitative estimate of drug-likeness (QED) is 0.803. The molecule has 2 aromatic rings. The SMILES string of the molecule is CC(Oc1ccc2c(c1)O/C(=C\c1ccc(Br)cc1)C2=O)C(=O)O. The molecule has 1 heterocycles. The second-order valence-electron chi connectivity index (χ2n) is 5.25. The Kier molecular flexibility index (Phi) is 4.40. The minimum Gasteiger partial charge on any atom is -0.479 e. The molecule has 3 rings (SSSR count). The average molecular weight is 389 g/mol. The molecule has 122 valence electrons. The summed E-state index contributed by atoms with van der Waals surface area (Å²) in [5.41, 5.74) is 1.26. The summed E-state index contributed by atoms with van der Waals surface area (Å²) in [5.74, 6) is -0.371. The van der Waals surface area contributed by atoms with E-state index in [-0.39, 0.29) is 11.5 Å². The molecule has 5 nitrogen and oxygen atoms in total. The lowest BCUT2D eigenvalue weighted by atomic mass is 10.1. The smallest absolute Gasteiger partial charge is 0.344 e. The summed E-state index contributed by atoms with van der Waals surface area (Å²) >= 11 is 3.36. The van der Waals surface area contributed by atoms with E-state index in [1.807, 2.05) is 24.3 Å². The lowest BCUT2D eigenvalue weighted by molar-refractivity contribution is -0.144. The van der Waals surface area contributed by atoms with Crippen LogP contribution >= 0.6 is 15.9 Å². The Balaban J connectivity index is 1.84. The molecule has 1 aliphatic rings. The summed E-state index contributed by atoms with van der Waals surface area (Å²) in [6, 6.07) is 12.1. The van der Waals surface area contributed by atoms with Gasteiger partial charge in [0.25, 0.3) is 0 Å². The van der Waals surface area contributed by atoms with E-state index in [0.29, 0.717) is 17.1 Å². The number of halogens is 1. The molecule has 6 heteroatoms. The molecule has 1 aliphatic heterocycles. The van der Waals surface area contributed by atoms with Crippen LogP contribution in [0.4, 0.5) is 0 Å². The second-order valence-corrected chi connectivity index (χ2v) is 6.16. The molecular weight excluding hydrogens is 376 g/mol. The second kappa shape index (κ2) is 6.49. The molecule has 0 saturated carbocycles. The number of carboxylic acids is 1. The van der Waals surface area contributed by atoms with Gasteiger partial charge in [0.05, 0.1) is 5.56 Å². The van der Waals surface area contributed by atoms with E-state index in [2.05, 4.69) is 15.9 Å². The number of fused-ring (bicyclic) bond motifs is 1. The van der Waals surface area contributed by atoms with Crippen LogP contribution in [0.15, 0.2) is 52.7 Å². The maximum absolute atomic E-state index is 12.4. The number of ketones is 1. The standard InChI is InChI=1S/C18H13BrO5/c1-10(18(21)22)23-13-6-7-14-15(9-13)24-16(17(14)20)8-11-2-4-12(19)5-3-11/h2-10H,1H3,(H,21,22)/b16-8-. The van der Waals surface area contributed by atoms with Gasteiger partial charge in [-0.2, -0.15) is 0 Å². The first-order valence-corrected chi connectivity index (χ1v) is 7.96. The molecular formula is C18H13BrO5. The van der Waals surface area contributed by atoms with Gasteiger partial charge in [0, 0.05) is 10.5 Å². The van der Waals surface area contributed by atoms with Crippen molar-refractivity contribution in [2.24, 2.45) is 0 Å². The summed E-state index contributed by atoms with van der Waals surface area (Å²) in [5, 5.41) is 8.88. The number of carboxylic acid groups (broad SMARTS) is 1. The van der Waals surface area contributed by atoms with Crippen LogP contribution in [0.2, 0.25) is 0 Å². The zero-order chi connectivity index (χ0) is 17.3. The van der Waals surface area contributed by atoms with E-state index < -0.39 is 12.1 Å². The summed E-state index contributed by atoms with van der Waals surface area (Å²) < 4.78 is 11.8. The lowest BCUT2D eigenvalue weighted by Crippen LogP contribution is -2.22. The third-order valence-corrected chi connectivity index (χ3v) is 4.00. The molecule has 0 saturated heterocycles. The maximum atomic E-state index is 12.4. The molecule has 0 spiro atoms. The number of rotatable bonds is 4. The van der Waals surface area contributed by atoms with Crippen LogP contribution in [0.5, 0.6) is 11.5 Å². The predicted molar refractivity (Wildman–Crippen MR) is 91.2 cm³/mol. The Labute approximate surface area is 146 Å². The van der Waals surface area contributed by atoms with Crippen molar-refractivity contribution in [2.45, 2.75) is 13.0 Å². The van der Waals surface area contributed by atoms with Crippen LogP contribution in [-0.2, 0) is 4.79 Å². The van der Waals surface area contributed by atoms with Crippen LogP contribution in [0.3, 0.4) is 0 Å². The Morgan fingerprint density at radius 1 is 1.25 bits per heavy atom. The molecule has 0 fully saturated rings. The normalized spacial score (nSPS) is 15.8. The number of carbonyl (C=O) groups excluding carboxylic acids is 1. The first kappa shape index (κ1) is 16.3. The van der Waals surface area contributed by atoms with Gasteiger partial charge in [0.1, 0.15) is 11.5 Å². The van der Waals surface area contributed by atoms with E-state index in [1.165, 1.54) is 13.0 Å². The van der Waals surface area contributed by atoms with Gasteiger partial charge >= 0.3 is 5.97 Å². The molecule has 0 amide bonds. The van der Waals surface area contributed by atoms with Crippen LogP contribution in [0, 0.1) is 0 Å². The molecule has 0 aromatic heterocycles. The monoisotopic (exact) mass is 388 g/mol. The molecule has 24 heavy (non-hydrogen) atoms.